The van der Waals surface area contributed by atoms with Crippen LogP contribution in [-0.2, 0) is 9.53 Å². The molecule has 0 unspecified atom stereocenters. The number of halogens is 2. The van der Waals surface area contributed by atoms with E-state index in [4.69, 9.17) is 4.74 Å². The van der Waals surface area contributed by atoms with Crippen molar-refractivity contribution in [1.29, 1.82) is 0 Å². The van der Waals surface area contributed by atoms with Gasteiger partial charge in [-0.15, -0.1) is 0 Å². The Morgan fingerprint density at radius 2 is 2.21 bits per heavy atom. The van der Waals surface area contributed by atoms with Crippen LogP contribution in [0.5, 0.6) is 0 Å². The third-order valence-electron chi connectivity index (χ3n) is 2.65. The third-order valence-corrected chi connectivity index (χ3v) is 2.65. The molecule has 0 radical (unpaired) electrons. The zero-order valence-corrected chi connectivity index (χ0v) is 11.3. The van der Waals surface area contributed by atoms with Crippen LogP contribution in [0.4, 0.5) is 14.6 Å². The molecule has 0 bridgehead atoms. The minimum atomic E-state index is -0.878. The molecule has 19 heavy (non-hydrogen) atoms. The molecule has 0 saturated heterocycles. The van der Waals surface area contributed by atoms with E-state index < -0.39 is 23.6 Å². The van der Waals surface area contributed by atoms with Crippen molar-refractivity contribution in [2.45, 2.75) is 32.8 Å². The lowest BCUT2D eigenvalue weighted by Gasteiger charge is -2.21. The summed E-state index contributed by atoms with van der Waals surface area (Å²) >= 11 is 0. The number of carbonyl (C=O) groups excluding carboxylic acids is 1. The molecule has 0 spiro atoms. The molecule has 106 valence electrons. The number of hydrogen-bond donors (Lipinski definition) is 0. The van der Waals surface area contributed by atoms with Gasteiger partial charge in [-0.2, -0.15) is 0 Å². The van der Waals surface area contributed by atoms with E-state index in [1.165, 1.54) is 7.05 Å². The van der Waals surface area contributed by atoms with E-state index in [1.54, 1.807) is 6.92 Å². The van der Waals surface area contributed by atoms with E-state index in [2.05, 4.69) is 4.98 Å². The Morgan fingerprint density at radius 3 is 2.79 bits per heavy atom. The van der Waals surface area contributed by atoms with Gasteiger partial charge < -0.3 is 4.74 Å². The lowest BCUT2D eigenvalue weighted by molar-refractivity contribution is -0.128. The summed E-state index contributed by atoms with van der Waals surface area (Å²) < 4.78 is 31.6. The average molecular weight is 272 g/mol. The number of pyridine rings is 1. The van der Waals surface area contributed by atoms with Crippen molar-refractivity contribution < 1.29 is 18.3 Å². The van der Waals surface area contributed by atoms with E-state index >= 15 is 0 Å². The highest BCUT2D eigenvalue weighted by molar-refractivity contribution is 5.95. The van der Waals surface area contributed by atoms with Crippen LogP contribution in [-0.4, -0.2) is 30.6 Å². The first-order valence-electron chi connectivity index (χ1n) is 6.17. The molecule has 0 saturated carbocycles. The largest absolute Gasteiger partial charge is 0.369 e. The zero-order valence-electron chi connectivity index (χ0n) is 11.3. The van der Waals surface area contributed by atoms with Gasteiger partial charge >= 0.3 is 0 Å². The monoisotopic (exact) mass is 272 g/mol. The molecule has 0 N–H and O–H groups in total. The molecule has 1 rings (SSSR count). The summed E-state index contributed by atoms with van der Waals surface area (Å²) in [5.41, 5.74) is 0. The van der Waals surface area contributed by atoms with Gasteiger partial charge in [-0.25, -0.2) is 13.8 Å². The molecule has 1 aromatic heterocycles. The molecule has 0 fully saturated rings. The molecule has 1 amide bonds. The van der Waals surface area contributed by atoms with Gasteiger partial charge in [0.15, 0.2) is 11.6 Å². The maximum absolute atomic E-state index is 13.5. The zero-order chi connectivity index (χ0) is 14.4. The normalized spacial score (nSPS) is 12.3. The van der Waals surface area contributed by atoms with Crippen molar-refractivity contribution >= 4 is 11.7 Å². The van der Waals surface area contributed by atoms with E-state index in [1.807, 2.05) is 6.92 Å². The molecule has 1 aromatic rings. The number of amides is 1. The Labute approximate surface area is 111 Å². The fourth-order valence-electron chi connectivity index (χ4n) is 1.51. The van der Waals surface area contributed by atoms with Crippen LogP contribution in [0, 0.1) is 11.6 Å². The van der Waals surface area contributed by atoms with Gasteiger partial charge in [-0.05, 0) is 13.3 Å². The summed E-state index contributed by atoms with van der Waals surface area (Å²) in [4.78, 5) is 16.6. The second-order valence-corrected chi connectivity index (χ2v) is 4.22. The van der Waals surface area contributed by atoms with Crippen molar-refractivity contribution in [2.75, 3.05) is 18.6 Å². The second-order valence-electron chi connectivity index (χ2n) is 4.22. The molecular formula is C13H18F2N2O2. The van der Waals surface area contributed by atoms with E-state index in [0.29, 0.717) is 12.7 Å². The maximum atomic E-state index is 13.5. The number of unbranched alkanes of at least 4 members (excludes halogenated alkanes) is 1. The number of nitrogens with zero attached hydrogens (tertiary/aromatic N) is 2. The summed E-state index contributed by atoms with van der Waals surface area (Å²) in [6.07, 6.45) is 1.99. The number of hydrogen-bond acceptors (Lipinski definition) is 3. The lowest BCUT2D eigenvalue weighted by atomic mass is 10.3. The van der Waals surface area contributed by atoms with Crippen LogP contribution in [0.3, 0.4) is 0 Å². The molecule has 6 heteroatoms. The van der Waals surface area contributed by atoms with Gasteiger partial charge in [-0.1, -0.05) is 13.3 Å². The molecule has 4 nitrogen and oxygen atoms in total. The summed E-state index contributed by atoms with van der Waals surface area (Å²) in [6, 6.07) is 0.689. The predicted molar refractivity (Wildman–Crippen MR) is 67.9 cm³/mol. The van der Waals surface area contributed by atoms with Gasteiger partial charge in [0.1, 0.15) is 11.9 Å². The van der Waals surface area contributed by atoms with Gasteiger partial charge in [0.2, 0.25) is 0 Å². The molecule has 1 atom stereocenters. The fourth-order valence-corrected chi connectivity index (χ4v) is 1.51. The summed E-state index contributed by atoms with van der Waals surface area (Å²) in [6.45, 7) is 4.08. The van der Waals surface area contributed by atoms with Crippen LogP contribution < -0.4 is 4.90 Å². The van der Waals surface area contributed by atoms with Crippen LogP contribution in [0.2, 0.25) is 0 Å². The van der Waals surface area contributed by atoms with Crippen LogP contribution in [0.1, 0.15) is 26.7 Å². The molecule has 0 aliphatic heterocycles. The highest BCUT2D eigenvalue weighted by Gasteiger charge is 2.22. The van der Waals surface area contributed by atoms with Crippen LogP contribution >= 0.6 is 0 Å². The van der Waals surface area contributed by atoms with E-state index in [9.17, 15) is 13.6 Å². The smallest absolute Gasteiger partial charge is 0.256 e. The quantitative estimate of drug-likeness (QED) is 0.747. The summed E-state index contributed by atoms with van der Waals surface area (Å²) in [5.74, 6) is -2.29. The number of carbonyl (C=O) groups is 1. The van der Waals surface area contributed by atoms with Gasteiger partial charge in [0.25, 0.3) is 5.91 Å². The number of rotatable bonds is 6. The van der Waals surface area contributed by atoms with Crippen molar-refractivity contribution in [3.8, 4) is 0 Å². The van der Waals surface area contributed by atoms with Crippen molar-refractivity contribution in [3.05, 3.63) is 23.9 Å². The molecule has 0 aliphatic rings. The number of likely N-dealkylation sites (N-methyl/N-ethyl adjacent to an activating group) is 1. The summed E-state index contributed by atoms with van der Waals surface area (Å²) in [5, 5.41) is 0. The Kier molecular flexibility index (Phi) is 5.82. The van der Waals surface area contributed by atoms with Gasteiger partial charge in [0, 0.05) is 19.7 Å². The second kappa shape index (κ2) is 7.13. The standard InChI is InChI=1S/C13H18F2N2O2/c1-4-5-6-19-9(2)13(18)17(3)12-11(15)7-10(14)8-16-12/h7-9H,4-6H2,1-3H3/t9-/m0/s1. The molecule has 1 heterocycles. The predicted octanol–water partition coefficient (Wildman–Crippen LogP) is 2.53. The minimum absolute atomic E-state index is 0.211. The first kappa shape index (κ1) is 15.5. The highest BCUT2D eigenvalue weighted by atomic mass is 19.1. The first-order chi connectivity index (χ1) is 8.97. The number of aromatic nitrogens is 1. The van der Waals surface area contributed by atoms with E-state index in [0.717, 1.165) is 23.9 Å². The van der Waals surface area contributed by atoms with Gasteiger partial charge in [0.05, 0.1) is 6.20 Å². The Bertz CT molecular complexity index is 441. The molecule has 0 aromatic carbocycles. The Morgan fingerprint density at radius 1 is 1.53 bits per heavy atom. The summed E-state index contributed by atoms with van der Waals surface area (Å²) in [7, 11) is 1.38. The SMILES string of the molecule is CCCCO[C@@H](C)C(=O)N(C)c1ncc(F)cc1F. The van der Waals surface area contributed by atoms with E-state index in [-0.39, 0.29) is 5.82 Å². The average Bonchev–Trinajstić information content (AvgIpc) is 2.37. The van der Waals surface area contributed by atoms with Crippen molar-refractivity contribution in [2.24, 2.45) is 0 Å². The highest BCUT2D eigenvalue weighted by Crippen LogP contribution is 2.16. The first-order valence-corrected chi connectivity index (χ1v) is 6.17. The van der Waals surface area contributed by atoms with Crippen molar-refractivity contribution in [3.63, 3.8) is 0 Å². The minimum Gasteiger partial charge on any atom is -0.369 e. The molecule has 0 aliphatic carbocycles. The topological polar surface area (TPSA) is 42.4 Å². The number of ether oxygens (including phenoxy) is 1. The third kappa shape index (κ3) is 4.24. The Balaban J connectivity index is 2.70. The van der Waals surface area contributed by atoms with Crippen LogP contribution in [0.15, 0.2) is 12.3 Å². The van der Waals surface area contributed by atoms with Gasteiger partial charge in [-0.3, -0.25) is 9.69 Å². The Hall–Kier alpha value is -1.56. The number of anilines is 1. The lowest BCUT2D eigenvalue weighted by Crippen LogP contribution is -2.37. The fraction of sp³-hybridized carbons (Fsp3) is 0.538. The molecular weight excluding hydrogens is 254 g/mol. The van der Waals surface area contributed by atoms with Crippen LogP contribution in [0.25, 0.3) is 0 Å². The maximum Gasteiger partial charge on any atom is 0.256 e. The van der Waals surface area contributed by atoms with Crippen molar-refractivity contribution in [1.82, 2.24) is 4.98 Å².